The molecule has 0 radical (unpaired) electrons. The molecule has 0 unspecified atom stereocenters. The van der Waals surface area contributed by atoms with Crippen LogP contribution in [0.2, 0.25) is 0 Å². The number of aromatic nitrogens is 2. The first-order chi connectivity index (χ1) is 10.6. The number of hydrogen-bond acceptors (Lipinski definition) is 4. The van der Waals surface area contributed by atoms with E-state index in [0.717, 1.165) is 37.7 Å². The molecule has 0 atom stereocenters. The van der Waals surface area contributed by atoms with Crippen LogP contribution in [0.4, 0.5) is 0 Å². The van der Waals surface area contributed by atoms with Crippen molar-refractivity contribution in [2.24, 2.45) is 0 Å². The van der Waals surface area contributed by atoms with Gasteiger partial charge in [-0.1, -0.05) is 0 Å². The molecule has 0 saturated carbocycles. The minimum atomic E-state index is -0.274. The van der Waals surface area contributed by atoms with Gasteiger partial charge in [0.2, 0.25) is 0 Å². The Kier molecular flexibility index (Phi) is 6.34. The summed E-state index contributed by atoms with van der Waals surface area (Å²) in [5.74, 6) is 0.393. The Labute approximate surface area is 137 Å². The van der Waals surface area contributed by atoms with Gasteiger partial charge >= 0.3 is 137 Å². The van der Waals surface area contributed by atoms with Crippen LogP contribution in [0.3, 0.4) is 0 Å². The number of ether oxygens (including phenoxy) is 1. The van der Waals surface area contributed by atoms with E-state index in [1.807, 2.05) is 19.1 Å². The van der Waals surface area contributed by atoms with Gasteiger partial charge in [-0.05, 0) is 0 Å². The number of esters is 1. The quantitative estimate of drug-likeness (QED) is 0.430. The first-order valence-corrected chi connectivity index (χ1v) is 9.39. The van der Waals surface area contributed by atoms with Gasteiger partial charge in [0.15, 0.2) is 0 Å². The van der Waals surface area contributed by atoms with Crippen molar-refractivity contribution < 1.29 is 9.53 Å². The van der Waals surface area contributed by atoms with E-state index in [1.165, 1.54) is 21.6 Å². The van der Waals surface area contributed by atoms with Crippen molar-refractivity contribution >= 4 is 20.5 Å². The molecule has 0 spiro atoms. The Hall–Kier alpha value is -1.45. The molecule has 0 aliphatic rings. The normalized spacial score (nSPS) is 10.7. The van der Waals surface area contributed by atoms with Crippen molar-refractivity contribution in [2.75, 3.05) is 0 Å². The van der Waals surface area contributed by atoms with E-state index in [2.05, 4.69) is 23.2 Å². The number of hydrogen-bond donors (Lipinski definition) is 0. The van der Waals surface area contributed by atoms with Gasteiger partial charge in [0.25, 0.3) is 0 Å². The second-order valence-corrected chi connectivity index (χ2v) is 7.79. The molecule has 0 fully saturated rings. The number of rotatable bonds is 7. The van der Waals surface area contributed by atoms with Crippen molar-refractivity contribution in [3.63, 3.8) is 0 Å². The third kappa shape index (κ3) is 5.08. The first-order valence-electron chi connectivity index (χ1n) is 7.67. The topological polar surface area (TPSA) is 52.1 Å². The van der Waals surface area contributed by atoms with Crippen molar-refractivity contribution in [1.82, 2.24) is 10.2 Å². The van der Waals surface area contributed by atoms with E-state index in [-0.39, 0.29) is 5.97 Å². The monoisotopic (exact) mass is 366 g/mol. The summed E-state index contributed by atoms with van der Waals surface area (Å²) in [5, 5.41) is 8.57. The number of benzene rings is 1. The number of carbonyl (C=O) groups is 1. The third-order valence-electron chi connectivity index (χ3n) is 3.33. The molecule has 1 aromatic heterocycles. The van der Waals surface area contributed by atoms with Crippen LogP contribution >= 0.6 is 0 Å². The Morgan fingerprint density at radius 3 is 2.59 bits per heavy atom. The molecule has 0 N–H and O–H groups in total. The molecular formula is C17H22N2O2Se. The fraction of sp³-hybridized carbons (Fsp3) is 0.471. The fourth-order valence-electron chi connectivity index (χ4n) is 2.21. The van der Waals surface area contributed by atoms with E-state index in [9.17, 15) is 4.79 Å². The molecular weight excluding hydrogens is 343 g/mol. The van der Waals surface area contributed by atoms with Crippen molar-refractivity contribution in [1.29, 1.82) is 0 Å². The Morgan fingerprint density at radius 2 is 1.91 bits per heavy atom. The molecule has 0 amide bonds. The van der Waals surface area contributed by atoms with Crippen molar-refractivity contribution in [2.45, 2.75) is 52.9 Å². The van der Waals surface area contributed by atoms with Gasteiger partial charge in [0.1, 0.15) is 0 Å². The molecule has 1 heterocycles. The van der Waals surface area contributed by atoms with Crippen LogP contribution in [-0.4, -0.2) is 30.7 Å². The molecule has 2 rings (SSSR count). The van der Waals surface area contributed by atoms with Gasteiger partial charge in [0.05, 0.1) is 0 Å². The van der Waals surface area contributed by atoms with E-state index >= 15 is 0 Å². The molecule has 5 heteroatoms. The van der Waals surface area contributed by atoms with Gasteiger partial charge in [0, 0.05) is 0 Å². The van der Waals surface area contributed by atoms with Crippen LogP contribution in [0, 0.1) is 6.92 Å². The Morgan fingerprint density at radius 1 is 1.18 bits per heavy atom. The maximum atomic E-state index is 11.1. The molecule has 0 bridgehead atoms. The van der Waals surface area contributed by atoms with Gasteiger partial charge in [-0.15, -0.1) is 0 Å². The van der Waals surface area contributed by atoms with E-state index < -0.39 is 0 Å². The number of nitrogens with zero attached hydrogens (tertiary/aromatic N) is 2. The zero-order valence-corrected chi connectivity index (χ0v) is 15.1. The summed E-state index contributed by atoms with van der Waals surface area (Å²) >= 11 is 0.367. The third-order valence-corrected chi connectivity index (χ3v) is 5.52. The van der Waals surface area contributed by atoms with Gasteiger partial charge < -0.3 is 0 Å². The van der Waals surface area contributed by atoms with E-state index in [4.69, 9.17) is 4.74 Å². The maximum absolute atomic E-state index is 11.1. The second kappa shape index (κ2) is 8.25. The molecule has 2 aromatic rings. The van der Waals surface area contributed by atoms with Crippen LogP contribution < -0.4 is 4.74 Å². The molecule has 0 aliphatic carbocycles. The number of carbonyl (C=O) groups excluding carboxylic acids is 1. The van der Waals surface area contributed by atoms with Crippen LogP contribution in [0.5, 0.6) is 5.75 Å². The molecule has 1 aromatic carbocycles. The molecule has 0 aliphatic heterocycles. The minimum absolute atomic E-state index is 0.274. The summed E-state index contributed by atoms with van der Waals surface area (Å²) < 4.78 is 7.76. The number of aryl methyl sites for hydroxylation is 4. The molecule has 118 valence electrons. The van der Waals surface area contributed by atoms with E-state index in [1.54, 1.807) is 0 Å². The Bertz CT molecular complexity index is 637. The second-order valence-electron chi connectivity index (χ2n) is 5.39. The summed E-state index contributed by atoms with van der Waals surface area (Å²) in [5.41, 5.74) is 2.18. The predicted octanol–water partition coefficient (Wildman–Crippen LogP) is 2.90. The fourth-order valence-corrected chi connectivity index (χ4v) is 4.29. The summed E-state index contributed by atoms with van der Waals surface area (Å²) in [6, 6.07) is 6.08. The molecule has 22 heavy (non-hydrogen) atoms. The SMILES string of the molecule is CCCc1nnc(CCCc2ccc(C)c(OC(C)=O)c2)[se]1. The van der Waals surface area contributed by atoms with Crippen molar-refractivity contribution in [3.05, 3.63) is 38.5 Å². The molecule has 4 nitrogen and oxygen atoms in total. The van der Waals surface area contributed by atoms with Gasteiger partial charge in [-0.2, -0.15) is 0 Å². The summed E-state index contributed by atoms with van der Waals surface area (Å²) in [6.45, 7) is 5.55. The average Bonchev–Trinajstić information content (AvgIpc) is 2.90. The summed E-state index contributed by atoms with van der Waals surface area (Å²) in [7, 11) is 0. The van der Waals surface area contributed by atoms with Crippen LogP contribution in [-0.2, 0) is 24.1 Å². The molecule has 0 saturated heterocycles. The zero-order valence-electron chi connectivity index (χ0n) is 13.4. The summed E-state index contributed by atoms with van der Waals surface area (Å²) in [6.07, 6.45) is 5.25. The van der Waals surface area contributed by atoms with Crippen LogP contribution in [0.15, 0.2) is 18.2 Å². The van der Waals surface area contributed by atoms with Crippen LogP contribution in [0.1, 0.15) is 47.0 Å². The standard InChI is InChI=1S/C17H22N2O2Se/c1-4-6-16-18-19-17(22-16)8-5-7-14-10-9-12(2)15(11-14)21-13(3)20/h9-11H,4-8H2,1-3H3. The van der Waals surface area contributed by atoms with Gasteiger partial charge in [-0.3, -0.25) is 0 Å². The van der Waals surface area contributed by atoms with E-state index in [0.29, 0.717) is 20.3 Å². The average molecular weight is 365 g/mol. The predicted molar refractivity (Wildman–Crippen MR) is 87.5 cm³/mol. The summed E-state index contributed by atoms with van der Waals surface area (Å²) in [4.78, 5) is 11.1. The van der Waals surface area contributed by atoms with Crippen molar-refractivity contribution in [3.8, 4) is 5.75 Å². The zero-order chi connectivity index (χ0) is 15.9. The Balaban J connectivity index is 1.89. The van der Waals surface area contributed by atoms with Gasteiger partial charge in [-0.25, -0.2) is 0 Å². The first kappa shape index (κ1) is 16.9. The van der Waals surface area contributed by atoms with Crippen LogP contribution in [0.25, 0.3) is 0 Å².